The van der Waals surface area contributed by atoms with Gasteiger partial charge in [-0.25, -0.2) is 15.2 Å². The summed E-state index contributed by atoms with van der Waals surface area (Å²) in [7, 11) is 3.98. The third-order valence-corrected chi connectivity index (χ3v) is 14.0. The molecule has 14 nitrogen and oxygen atoms in total. The van der Waals surface area contributed by atoms with Gasteiger partial charge in [-0.05, 0) is 84.5 Å². The summed E-state index contributed by atoms with van der Waals surface area (Å²) >= 11 is 1.47. The number of nitrogens with zero attached hydrogens (tertiary/aromatic N) is 5. The number of nitrogens with one attached hydrogen (secondary N) is 3. The molecule has 326 valence electrons. The molecule has 3 aromatic rings. The first kappa shape index (κ1) is 42.7. The van der Waals surface area contributed by atoms with Gasteiger partial charge in [0, 0.05) is 109 Å². The van der Waals surface area contributed by atoms with Crippen LogP contribution >= 0.6 is 11.3 Å². The number of hydrogen-bond donors (Lipinski definition) is 3. The molecular formula is C45H64N8O6S. The lowest BCUT2D eigenvalue weighted by atomic mass is 9.73. The van der Waals surface area contributed by atoms with Crippen molar-refractivity contribution in [3.63, 3.8) is 0 Å². The standard InChI is InChI=1S/C45H64N8O6S/c1-10-52-36-12-11-27-19-31(36)33(40(52)32-20-30(23-46-38(32)26(2)57-9)51-15-13-50(8)14-16-51)22-45(6,7)25-58-42(55)39-28-17-29(18-28)53(49-39)41(54)34(21-37-47-35(27)24-60-37)48-43(56)59-44(3,4)5/h11-12,19-20,24,26,28-29,32,34,38-39,46,49H,10,13-18,21-23,25H2,1-9H3,(H,48,56)/t26-,28?,29?,32?,34-,38+,39?/m0/s1. The summed E-state index contributed by atoms with van der Waals surface area (Å²) in [6, 6.07) is 4.91. The lowest BCUT2D eigenvalue weighted by Crippen LogP contribution is -2.71. The zero-order valence-corrected chi connectivity index (χ0v) is 37.6. The van der Waals surface area contributed by atoms with Crippen molar-refractivity contribution in [2.24, 2.45) is 11.3 Å². The average molecular weight is 845 g/mol. The summed E-state index contributed by atoms with van der Waals surface area (Å²) in [6.07, 6.45) is 3.96. The summed E-state index contributed by atoms with van der Waals surface area (Å²) in [4.78, 5) is 51.6. The van der Waals surface area contributed by atoms with Crippen molar-refractivity contribution in [2.75, 3.05) is 53.5 Å². The van der Waals surface area contributed by atoms with Gasteiger partial charge in [0.1, 0.15) is 17.7 Å². The predicted octanol–water partition coefficient (Wildman–Crippen LogP) is 5.06. The van der Waals surface area contributed by atoms with Crippen molar-refractivity contribution in [2.45, 2.75) is 122 Å². The number of benzene rings is 1. The van der Waals surface area contributed by atoms with Crippen molar-refractivity contribution in [1.82, 2.24) is 40.4 Å². The normalized spacial score (nSPS) is 28.1. The van der Waals surface area contributed by atoms with Crippen LogP contribution in [0.15, 0.2) is 35.4 Å². The molecule has 1 aliphatic carbocycles. The number of methoxy groups -OCH3 is 1. The number of hydrogen-bond acceptors (Lipinski definition) is 12. The maximum Gasteiger partial charge on any atom is 0.408 e. The zero-order valence-electron chi connectivity index (χ0n) is 36.8. The fourth-order valence-electron chi connectivity index (χ4n) is 9.77. The Hall–Kier alpha value is -4.02. The van der Waals surface area contributed by atoms with Crippen LogP contribution in [0.5, 0.6) is 0 Å². The van der Waals surface area contributed by atoms with Crippen molar-refractivity contribution >= 4 is 40.2 Å². The lowest BCUT2D eigenvalue weighted by Gasteiger charge is -2.53. The van der Waals surface area contributed by atoms with E-state index in [1.165, 1.54) is 28.3 Å². The molecule has 0 spiro atoms. The molecule has 3 N–H and O–H groups in total. The van der Waals surface area contributed by atoms with E-state index in [0.29, 0.717) is 24.3 Å². The molecule has 5 atom stereocenters. The number of hydrazine groups is 1. The molecule has 6 aliphatic rings. The minimum absolute atomic E-state index is 0.00664. The van der Waals surface area contributed by atoms with Crippen molar-refractivity contribution in [1.29, 1.82) is 0 Å². The van der Waals surface area contributed by atoms with Gasteiger partial charge >= 0.3 is 12.1 Å². The van der Waals surface area contributed by atoms with Crippen LogP contribution in [0.25, 0.3) is 22.2 Å². The maximum absolute atomic E-state index is 14.4. The summed E-state index contributed by atoms with van der Waals surface area (Å²) in [5, 5.41) is 12.2. The van der Waals surface area contributed by atoms with Crippen LogP contribution in [0.3, 0.4) is 0 Å². The van der Waals surface area contributed by atoms with Crippen molar-refractivity contribution in [3.8, 4) is 11.3 Å². The third kappa shape index (κ3) is 8.57. The molecule has 3 saturated heterocycles. The summed E-state index contributed by atoms with van der Waals surface area (Å²) < 4.78 is 20.4. The van der Waals surface area contributed by atoms with Crippen molar-refractivity contribution < 1.29 is 28.6 Å². The Bertz CT molecular complexity index is 2130. The first-order valence-corrected chi connectivity index (χ1v) is 22.7. The molecule has 0 radical (unpaired) electrons. The molecule has 9 rings (SSSR count). The van der Waals surface area contributed by atoms with Gasteiger partial charge in [-0.2, -0.15) is 0 Å². The van der Waals surface area contributed by atoms with Crippen LogP contribution in [-0.2, 0) is 43.2 Å². The first-order valence-electron chi connectivity index (χ1n) is 21.8. The van der Waals surface area contributed by atoms with Crippen LogP contribution in [0.1, 0.15) is 83.5 Å². The van der Waals surface area contributed by atoms with E-state index in [1.54, 1.807) is 32.9 Å². The van der Waals surface area contributed by atoms with E-state index in [4.69, 9.17) is 19.2 Å². The third-order valence-electron chi connectivity index (χ3n) is 13.1. The second-order valence-electron chi connectivity index (χ2n) is 19.3. The summed E-state index contributed by atoms with van der Waals surface area (Å²) in [6.45, 7) is 19.9. The van der Waals surface area contributed by atoms with Gasteiger partial charge in [0.05, 0.1) is 23.4 Å². The smallest absolute Gasteiger partial charge is 0.408 e. The molecule has 2 unspecified atom stereocenters. The van der Waals surface area contributed by atoms with E-state index in [0.717, 1.165) is 61.4 Å². The Kier molecular flexibility index (Phi) is 11.9. The molecule has 2 aromatic heterocycles. The molecule has 8 bridgehead atoms. The molecule has 4 fully saturated rings. The topological polar surface area (TPSA) is 143 Å². The van der Waals surface area contributed by atoms with E-state index < -0.39 is 29.2 Å². The Balaban J connectivity index is 1.24. The average Bonchev–Trinajstić information content (AvgIpc) is 3.79. The number of carbonyl (C=O) groups excluding carboxylic acids is 3. The number of aromatic nitrogens is 2. The van der Waals surface area contributed by atoms with Gasteiger partial charge < -0.3 is 39.2 Å². The van der Waals surface area contributed by atoms with Gasteiger partial charge in [-0.3, -0.25) is 14.6 Å². The minimum Gasteiger partial charge on any atom is -0.464 e. The van der Waals surface area contributed by atoms with E-state index in [-0.39, 0.29) is 54.9 Å². The van der Waals surface area contributed by atoms with E-state index in [9.17, 15) is 14.4 Å². The minimum atomic E-state index is -0.969. The first-order chi connectivity index (χ1) is 28.5. The molecule has 7 heterocycles. The van der Waals surface area contributed by atoms with Crippen LogP contribution < -0.4 is 16.1 Å². The van der Waals surface area contributed by atoms with E-state index >= 15 is 0 Å². The fraction of sp³-hybridized carbons (Fsp3) is 0.644. The van der Waals surface area contributed by atoms with Crippen LogP contribution in [-0.4, -0.2) is 132 Å². The zero-order chi connectivity index (χ0) is 42.7. The van der Waals surface area contributed by atoms with E-state index in [2.05, 4.69) is 89.4 Å². The van der Waals surface area contributed by atoms with Gasteiger partial charge in [-0.15, -0.1) is 11.3 Å². The van der Waals surface area contributed by atoms with Gasteiger partial charge in [-0.1, -0.05) is 26.0 Å². The number of cyclic esters (lactones) is 1. The summed E-state index contributed by atoms with van der Waals surface area (Å²) in [5.74, 6) is -0.628. The monoisotopic (exact) mass is 844 g/mol. The van der Waals surface area contributed by atoms with Gasteiger partial charge in [0.25, 0.3) is 5.91 Å². The molecule has 5 aliphatic heterocycles. The quantitative estimate of drug-likeness (QED) is 0.287. The number of fused-ring (bicyclic) bond motifs is 4. The Morgan fingerprint density at radius 3 is 2.60 bits per heavy atom. The number of alkyl carbamates (subject to hydrolysis) is 1. The second kappa shape index (κ2) is 16.7. The second-order valence-corrected chi connectivity index (χ2v) is 20.3. The molecule has 60 heavy (non-hydrogen) atoms. The van der Waals surface area contributed by atoms with Crippen molar-refractivity contribution in [3.05, 3.63) is 51.6 Å². The number of esters is 1. The summed E-state index contributed by atoms with van der Waals surface area (Å²) in [5.41, 5.74) is 8.78. The molecule has 1 saturated carbocycles. The largest absolute Gasteiger partial charge is 0.464 e. The van der Waals surface area contributed by atoms with Crippen LogP contribution in [0.4, 0.5) is 4.79 Å². The number of carbonyl (C=O) groups is 3. The number of thiazole rings is 1. The highest BCUT2D eigenvalue weighted by molar-refractivity contribution is 7.10. The highest BCUT2D eigenvalue weighted by Crippen LogP contribution is 2.43. The molecule has 1 aromatic carbocycles. The van der Waals surface area contributed by atoms with Gasteiger partial charge in [0.2, 0.25) is 0 Å². The fourth-order valence-corrected chi connectivity index (χ4v) is 10.6. The SMILES string of the molecule is CCn1c(C2C=C(N3CCN(C)CC3)CN[C@@H]2[C@H](C)OC)c2c3cc(ccc31)-c1csc(n1)C[C@H](NC(=O)OC(C)(C)C)C(=O)N1NC(C(=O)OCC(C)(C)C2)C2CC1C2. The molecular weight excluding hydrogens is 781 g/mol. The predicted molar refractivity (Wildman–Crippen MR) is 232 cm³/mol. The number of amides is 2. The van der Waals surface area contributed by atoms with E-state index in [1.807, 2.05) is 5.38 Å². The Morgan fingerprint density at radius 2 is 1.90 bits per heavy atom. The lowest BCUT2D eigenvalue weighted by molar-refractivity contribution is -0.170. The number of piperazine rings is 1. The molecule has 2 amide bonds. The van der Waals surface area contributed by atoms with Gasteiger partial charge in [0.15, 0.2) is 0 Å². The number of rotatable bonds is 6. The highest BCUT2D eigenvalue weighted by atomic mass is 32.1. The number of likely N-dealkylation sites (N-methyl/N-ethyl adjacent to an activating group) is 1. The maximum atomic E-state index is 14.4. The van der Waals surface area contributed by atoms with Crippen LogP contribution in [0, 0.1) is 11.3 Å². The number of aryl methyl sites for hydroxylation is 1. The Labute approximate surface area is 358 Å². The highest BCUT2D eigenvalue weighted by Gasteiger charge is 2.51. The van der Waals surface area contributed by atoms with Crippen LogP contribution in [0.2, 0.25) is 0 Å². The number of ether oxygens (including phenoxy) is 3. The molecule has 15 heteroatoms. The Morgan fingerprint density at radius 1 is 1.15 bits per heavy atom.